The quantitative estimate of drug-likeness (QED) is 0.594. The summed E-state index contributed by atoms with van der Waals surface area (Å²) in [5, 5.41) is 15.8. The van der Waals surface area contributed by atoms with E-state index in [9.17, 15) is 8.42 Å². The van der Waals surface area contributed by atoms with E-state index in [-0.39, 0.29) is 12.6 Å². The first-order valence-corrected chi connectivity index (χ1v) is 9.76. The van der Waals surface area contributed by atoms with Crippen LogP contribution in [0.25, 0.3) is 5.65 Å². The molecule has 0 fully saturated rings. The highest BCUT2D eigenvalue weighted by Crippen LogP contribution is 2.07. The van der Waals surface area contributed by atoms with Crippen LogP contribution in [0.15, 0.2) is 12.1 Å². The minimum atomic E-state index is -3.21. The van der Waals surface area contributed by atoms with Gasteiger partial charge in [0.05, 0.1) is 12.4 Å². The molecule has 9 nitrogen and oxygen atoms in total. The summed E-state index contributed by atoms with van der Waals surface area (Å²) in [6.45, 7) is 5.72. The molecule has 134 valence electrons. The Labute approximate surface area is 141 Å². The number of nitrogens with one attached hydrogen (secondary N) is 2. The summed E-state index contributed by atoms with van der Waals surface area (Å²) >= 11 is 0. The maximum atomic E-state index is 11.1. The van der Waals surface area contributed by atoms with Gasteiger partial charge in [-0.3, -0.25) is 0 Å². The molecule has 0 aliphatic heterocycles. The van der Waals surface area contributed by atoms with E-state index in [1.54, 1.807) is 4.52 Å². The summed E-state index contributed by atoms with van der Waals surface area (Å²) in [4.78, 5) is 0. The topological polar surface area (TPSA) is 111 Å². The first-order valence-electron chi connectivity index (χ1n) is 7.86. The molecule has 2 N–H and O–H groups in total. The Kier molecular flexibility index (Phi) is 6.46. The summed E-state index contributed by atoms with van der Waals surface area (Å²) < 4.78 is 31.7. The Morgan fingerprint density at radius 2 is 2.04 bits per heavy atom. The summed E-state index contributed by atoms with van der Waals surface area (Å²) in [6.07, 6.45) is 2.65. The molecule has 0 aliphatic rings. The first kappa shape index (κ1) is 18.6. The number of hydrogen-bond donors (Lipinski definition) is 2. The highest BCUT2D eigenvalue weighted by molar-refractivity contribution is 7.88. The Hall–Kier alpha value is -1.78. The molecule has 2 aromatic rings. The summed E-state index contributed by atoms with van der Waals surface area (Å²) in [6, 6.07) is 3.66. The van der Waals surface area contributed by atoms with Gasteiger partial charge in [0.15, 0.2) is 11.5 Å². The van der Waals surface area contributed by atoms with Gasteiger partial charge >= 0.3 is 0 Å². The van der Waals surface area contributed by atoms with Gasteiger partial charge in [0, 0.05) is 26.1 Å². The zero-order chi connectivity index (χ0) is 17.6. The van der Waals surface area contributed by atoms with Crippen LogP contribution >= 0.6 is 0 Å². The van der Waals surface area contributed by atoms with E-state index in [4.69, 9.17) is 4.74 Å². The molecule has 2 heterocycles. The second-order valence-electron chi connectivity index (χ2n) is 5.72. The van der Waals surface area contributed by atoms with Crippen LogP contribution in [0.1, 0.15) is 26.1 Å². The van der Waals surface area contributed by atoms with Gasteiger partial charge in [-0.1, -0.05) is 0 Å². The highest BCUT2D eigenvalue weighted by Gasteiger charge is 2.09. The highest BCUT2D eigenvalue weighted by atomic mass is 32.2. The molecule has 0 aliphatic carbocycles. The van der Waals surface area contributed by atoms with Crippen molar-refractivity contribution in [2.24, 2.45) is 0 Å². The molecule has 0 bridgehead atoms. The average Bonchev–Trinajstić information content (AvgIpc) is 2.88. The molecule has 0 aromatic carbocycles. The first-order chi connectivity index (χ1) is 11.3. The number of anilines is 1. The van der Waals surface area contributed by atoms with E-state index in [0.717, 1.165) is 19.2 Å². The summed E-state index contributed by atoms with van der Waals surface area (Å²) in [5.74, 6) is 1.32. The molecule has 2 aromatic heterocycles. The largest absolute Gasteiger partial charge is 0.379 e. The Morgan fingerprint density at radius 1 is 1.25 bits per heavy atom. The lowest BCUT2D eigenvalue weighted by molar-refractivity contribution is 0.0787. The van der Waals surface area contributed by atoms with Crippen LogP contribution in [-0.2, 0) is 21.2 Å². The van der Waals surface area contributed by atoms with E-state index in [2.05, 4.69) is 25.3 Å². The van der Waals surface area contributed by atoms with Gasteiger partial charge < -0.3 is 10.1 Å². The minimum absolute atomic E-state index is 0.236. The molecular weight excluding hydrogens is 332 g/mol. The van der Waals surface area contributed by atoms with Crippen LogP contribution < -0.4 is 10.0 Å². The predicted octanol–water partition coefficient (Wildman–Crippen LogP) is 0.443. The number of nitrogens with zero attached hydrogens (tertiary/aromatic N) is 4. The Bertz CT molecular complexity index is 759. The number of aromatic nitrogens is 4. The smallest absolute Gasteiger partial charge is 0.208 e. The van der Waals surface area contributed by atoms with Crippen LogP contribution in [0, 0.1) is 0 Å². The van der Waals surface area contributed by atoms with Gasteiger partial charge in [-0.25, -0.2) is 13.1 Å². The maximum absolute atomic E-state index is 11.1. The summed E-state index contributed by atoms with van der Waals surface area (Å²) in [5.41, 5.74) is 0.623. The average molecular weight is 356 g/mol. The van der Waals surface area contributed by atoms with Gasteiger partial charge in [0.2, 0.25) is 10.0 Å². The van der Waals surface area contributed by atoms with Gasteiger partial charge in [-0.15, -0.1) is 15.3 Å². The second kappa shape index (κ2) is 8.36. The van der Waals surface area contributed by atoms with Crippen molar-refractivity contribution in [1.82, 2.24) is 24.5 Å². The van der Waals surface area contributed by atoms with Crippen molar-refractivity contribution in [3.8, 4) is 0 Å². The van der Waals surface area contributed by atoms with Gasteiger partial charge in [0.1, 0.15) is 5.82 Å². The molecule has 0 unspecified atom stereocenters. The van der Waals surface area contributed by atoms with E-state index in [1.807, 2.05) is 26.0 Å². The van der Waals surface area contributed by atoms with E-state index in [0.29, 0.717) is 30.3 Å². The maximum Gasteiger partial charge on any atom is 0.208 e. The van der Waals surface area contributed by atoms with Gasteiger partial charge in [-0.2, -0.15) is 4.52 Å². The third kappa shape index (κ3) is 6.02. The fourth-order valence-electron chi connectivity index (χ4n) is 2.04. The monoisotopic (exact) mass is 356 g/mol. The Balaban J connectivity index is 1.92. The van der Waals surface area contributed by atoms with Crippen molar-refractivity contribution < 1.29 is 13.2 Å². The molecular formula is C14H24N6O3S. The van der Waals surface area contributed by atoms with Crippen molar-refractivity contribution in [3.63, 3.8) is 0 Å². The van der Waals surface area contributed by atoms with E-state index < -0.39 is 10.0 Å². The molecule has 0 saturated carbocycles. The van der Waals surface area contributed by atoms with Crippen molar-refractivity contribution in [1.29, 1.82) is 0 Å². The zero-order valence-corrected chi connectivity index (χ0v) is 15.0. The summed E-state index contributed by atoms with van der Waals surface area (Å²) in [7, 11) is -3.21. The fraction of sp³-hybridized carbons (Fsp3) is 0.643. The van der Waals surface area contributed by atoms with E-state index >= 15 is 0 Å². The molecule has 0 atom stereocenters. The normalized spacial score (nSPS) is 12.2. The molecule has 2 rings (SSSR count). The van der Waals surface area contributed by atoms with Gasteiger partial charge in [-0.05, 0) is 32.4 Å². The SMILES string of the molecule is CC(C)OCCCNc1ccc2nnc(CCNS(C)(=O)=O)n2n1. The lowest BCUT2D eigenvalue weighted by atomic mass is 10.4. The molecule has 0 radical (unpaired) electrons. The fourth-order valence-corrected chi connectivity index (χ4v) is 2.51. The molecule has 0 saturated heterocycles. The van der Waals surface area contributed by atoms with Crippen LogP contribution in [0.3, 0.4) is 0 Å². The number of ether oxygens (including phenoxy) is 1. The zero-order valence-electron chi connectivity index (χ0n) is 14.2. The number of fused-ring (bicyclic) bond motifs is 1. The van der Waals surface area contributed by atoms with Crippen LogP contribution in [0.4, 0.5) is 5.82 Å². The van der Waals surface area contributed by atoms with Crippen LogP contribution in [0.2, 0.25) is 0 Å². The van der Waals surface area contributed by atoms with Crippen LogP contribution in [-0.4, -0.2) is 60.3 Å². The number of hydrogen-bond acceptors (Lipinski definition) is 7. The van der Waals surface area contributed by atoms with Crippen molar-refractivity contribution in [3.05, 3.63) is 18.0 Å². The molecule has 0 amide bonds. The van der Waals surface area contributed by atoms with E-state index in [1.165, 1.54) is 0 Å². The molecule has 24 heavy (non-hydrogen) atoms. The third-order valence-corrected chi connectivity index (χ3v) is 3.85. The van der Waals surface area contributed by atoms with Gasteiger partial charge in [0.25, 0.3) is 0 Å². The number of rotatable bonds is 10. The van der Waals surface area contributed by atoms with Crippen molar-refractivity contribution >= 4 is 21.5 Å². The van der Waals surface area contributed by atoms with Crippen molar-refractivity contribution in [2.75, 3.05) is 31.3 Å². The lowest BCUT2D eigenvalue weighted by Gasteiger charge is -2.09. The predicted molar refractivity (Wildman–Crippen MR) is 91.5 cm³/mol. The number of sulfonamides is 1. The minimum Gasteiger partial charge on any atom is -0.379 e. The van der Waals surface area contributed by atoms with Crippen molar-refractivity contribution in [2.45, 2.75) is 32.8 Å². The standard InChI is InChI=1S/C14H24N6O3S/c1-11(2)23-10-4-8-15-12-5-6-13-17-18-14(20(13)19-12)7-9-16-24(3,21)22/h5-6,11,16H,4,7-10H2,1-3H3,(H,15,19). The van der Waals surface area contributed by atoms with Crippen LogP contribution in [0.5, 0.6) is 0 Å². The second-order valence-corrected chi connectivity index (χ2v) is 7.55. The lowest BCUT2D eigenvalue weighted by Crippen LogP contribution is -2.25. The Morgan fingerprint density at radius 3 is 2.75 bits per heavy atom. The molecule has 0 spiro atoms. The third-order valence-electron chi connectivity index (χ3n) is 3.12. The molecule has 10 heteroatoms.